The van der Waals surface area contributed by atoms with Crippen LogP contribution in [0.25, 0.3) is 0 Å². The number of hydrogen-bond acceptors (Lipinski definition) is 5. The number of nitrogens with one attached hydrogen (secondary N) is 2. The van der Waals surface area contributed by atoms with Gasteiger partial charge in [0.05, 0.1) is 0 Å². The van der Waals surface area contributed by atoms with Crippen LogP contribution in [0.1, 0.15) is 84.7 Å². The second kappa shape index (κ2) is 13.8. The molecular weight excluding hydrogens is 462 g/mol. The maximum Gasteiger partial charge on any atom is 0.408 e. The molecule has 3 unspecified atom stereocenters. The van der Waals surface area contributed by atoms with Crippen molar-refractivity contribution in [1.29, 1.82) is 0 Å². The van der Waals surface area contributed by atoms with Gasteiger partial charge in [-0.1, -0.05) is 43.7 Å². The third-order valence-electron chi connectivity index (χ3n) is 6.07. The smallest absolute Gasteiger partial charge is 0.408 e. The molecule has 1 aromatic carbocycles. The van der Waals surface area contributed by atoms with E-state index in [4.69, 9.17) is 4.74 Å². The van der Waals surface area contributed by atoms with Crippen LogP contribution in [0.15, 0.2) is 30.3 Å². The van der Waals surface area contributed by atoms with E-state index in [-0.39, 0.29) is 23.9 Å². The number of thioether (sulfide) groups is 1. The number of carbonyl (C=O) groups excluding carboxylic acids is 3. The van der Waals surface area contributed by atoms with E-state index in [1.54, 1.807) is 37.4 Å². The normalized spacial score (nSPS) is 16.4. The van der Waals surface area contributed by atoms with Crippen molar-refractivity contribution in [1.82, 2.24) is 15.5 Å². The standard InChI is InChI=1S/C27H43N3O4S/c1-7-12-19(2)28-24(31)23(20-13-9-8-10-14-20)30(21-15-11-16-21)25(32)22(17-18-35-6)29-26(33)34-27(3,4)5/h8-10,13-14,19,21-23H,7,11-12,15-18H2,1-6H3,(H,28,31)(H,29,33). The first-order valence-corrected chi connectivity index (χ1v) is 14.1. The summed E-state index contributed by atoms with van der Waals surface area (Å²) in [5.41, 5.74) is 0.0991. The summed E-state index contributed by atoms with van der Waals surface area (Å²) >= 11 is 1.61. The molecule has 1 aliphatic carbocycles. The molecule has 1 aliphatic rings. The van der Waals surface area contributed by atoms with Gasteiger partial charge in [0.1, 0.15) is 17.7 Å². The Kier molecular flexibility index (Phi) is 11.4. The minimum Gasteiger partial charge on any atom is -0.444 e. The number of amides is 3. The molecule has 0 radical (unpaired) electrons. The number of rotatable bonds is 12. The van der Waals surface area contributed by atoms with Crippen molar-refractivity contribution in [2.45, 2.75) is 103 Å². The van der Waals surface area contributed by atoms with Crippen LogP contribution in [0, 0.1) is 0 Å². The monoisotopic (exact) mass is 505 g/mol. The molecule has 3 atom stereocenters. The summed E-state index contributed by atoms with van der Waals surface area (Å²) in [4.78, 5) is 42.1. The minimum atomic E-state index is -0.773. The van der Waals surface area contributed by atoms with Gasteiger partial charge in [0.25, 0.3) is 0 Å². The van der Waals surface area contributed by atoms with Crippen molar-refractivity contribution in [3.05, 3.63) is 35.9 Å². The number of nitrogens with zero attached hydrogens (tertiary/aromatic N) is 1. The molecule has 196 valence electrons. The molecule has 8 heteroatoms. The molecule has 0 bridgehead atoms. The molecule has 2 N–H and O–H groups in total. The lowest BCUT2D eigenvalue weighted by atomic mass is 9.88. The zero-order chi connectivity index (χ0) is 26.0. The van der Waals surface area contributed by atoms with Crippen molar-refractivity contribution < 1.29 is 19.1 Å². The van der Waals surface area contributed by atoms with E-state index < -0.39 is 23.8 Å². The number of hydrogen-bond donors (Lipinski definition) is 2. The van der Waals surface area contributed by atoms with Crippen molar-refractivity contribution in [3.8, 4) is 0 Å². The fraction of sp³-hybridized carbons (Fsp3) is 0.667. The van der Waals surface area contributed by atoms with Crippen molar-refractivity contribution in [2.75, 3.05) is 12.0 Å². The highest BCUT2D eigenvalue weighted by Crippen LogP contribution is 2.34. The van der Waals surface area contributed by atoms with E-state index >= 15 is 0 Å². The predicted molar refractivity (Wildman–Crippen MR) is 142 cm³/mol. The Labute approximate surface area is 215 Å². The van der Waals surface area contributed by atoms with E-state index in [0.717, 1.165) is 37.7 Å². The van der Waals surface area contributed by atoms with Gasteiger partial charge in [0, 0.05) is 12.1 Å². The fourth-order valence-corrected chi connectivity index (χ4v) is 4.68. The average Bonchev–Trinajstić information content (AvgIpc) is 2.74. The van der Waals surface area contributed by atoms with Gasteiger partial charge in [-0.15, -0.1) is 0 Å². The molecule has 0 aliphatic heterocycles. The molecule has 0 spiro atoms. The summed E-state index contributed by atoms with van der Waals surface area (Å²) in [5.74, 6) is 0.278. The van der Waals surface area contributed by atoms with Crippen LogP contribution in [-0.2, 0) is 14.3 Å². The Hall–Kier alpha value is -2.22. The van der Waals surface area contributed by atoms with Crippen molar-refractivity contribution in [3.63, 3.8) is 0 Å². The molecule has 35 heavy (non-hydrogen) atoms. The van der Waals surface area contributed by atoms with Gasteiger partial charge in [-0.05, 0) is 77.4 Å². The maximum atomic E-state index is 14.1. The van der Waals surface area contributed by atoms with Crippen LogP contribution < -0.4 is 10.6 Å². The summed E-state index contributed by atoms with van der Waals surface area (Å²) in [5, 5.41) is 5.92. The molecular formula is C27H43N3O4S. The van der Waals surface area contributed by atoms with Gasteiger partial charge in [0.2, 0.25) is 11.8 Å². The van der Waals surface area contributed by atoms with Crippen LogP contribution in [-0.4, -0.2) is 58.5 Å². The lowest BCUT2D eigenvalue weighted by Crippen LogP contribution is -2.58. The lowest BCUT2D eigenvalue weighted by molar-refractivity contribution is -0.147. The number of alkyl carbamates (subject to hydrolysis) is 1. The molecule has 0 aromatic heterocycles. The third-order valence-corrected chi connectivity index (χ3v) is 6.72. The first-order valence-electron chi connectivity index (χ1n) is 12.7. The van der Waals surface area contributed by atoms with Crippen molar-refractivity contribution >= 4 is 29.7 Å². The molecule has 1 saturated carbocycles. The van der Waals surface area contributed by atoms with E-state index in [1.165, 1.54) is 0 Å². The minimum absolute atomic E-state index is 0.00392. The Morgan fingerprint density at radius 3 is 2.29 bits per heavy atom. The van der Waals surface area contributed by atoms with Crippen LogP contribution in [0.4, 0.5) is 4.79 Å². The quantitative estimate of drug-likeness (QED) is 0.415. The van der Waals surface area contributed by atoms with Gasteiger partial charge in [0.15, 0.2) is 0 Å². The largest absolute Gasteiger partial charge is 0.444 e. The summed E-state index contributed by atoms with van der Waals surface area (Å²) in [6.07, 6.45) is 6.32. The molecule has 0 heterocycles. The van der Waals surface area contributed by atoms with Gasteiger partial charge in [-0.2, -0.15) is 11.8 Å². The summed E-state index contributed by atoms with van der Waals surface area (Å²) in [6.45, 7) is 9.45. The molecule has 2 rings (SSSR count). The topological polar surface area (TPSA) is 87.7 Å². The van der Waals surface area contributed by atoms with Crippen LogP contribution in [0.5, 0.6) is 0 Å². The second-order valence-corrected chi connectivity index (χ2v) is 11.3. The van der Waals surface area contributed by atoms with Crippen LogP contribution in [0.2, 0.25) is 0 Å². The molecule has 7 nitrogen and oxygen atoms in total. The predicted octanol–water partition coefficient (Wildman–Crippen LogP) is 5.06. The summed E-state index contributed by atoms with van der Waals surface area (Å²) < 4.78 is 5.44. The zero-order valence-corrected chi connectivity index (χ0v) is 23.0. The number of carbonyl (C=O) groups is 3. The molecule has 1 fully saturated rings. The van der Waals surface area contributed by atoms with Crippen LogP contribution in [0.3, 0.4) is 0 Å². The first-order chi connectivity index (χ1) is 16.6. The maximum absolute atomic E-state index is 14.1. The highest BCUT2D eigenvalue weighted by atomic mass is 32.2. The Morgan fingerprint density at radius 2 is 1.77 bits per heavy atom. The van der Waals surface area contributed by atoms with Gasteiger partial charge >= 0.3 is 6.09 Å². The van der Waals surface area contributed by atoms with E-state index in [1.807, 2.05) is 43.5 Å². The van der Waals surface area contributed by atoms with E-state index in [2.05, 4.69) is 17.6 Å². The Morgan fingerprint density at radius 1 is 1.11 bits per heavy atom. The Bertz CT molecular complexity index is 823. The van der Waals surface area contributed by atoms with E-state index in [0.29, 0.717) is 12.2 Å². The fourth-order valence-electron chi connectivity index (χ4n) is 4.21. The van der Waals surface area contributed by atoms with Crippen molar-refractivity contribution in [2.24, 2.45) is 0 Å². The Balaban J connectivity index is 2.41. The summed E-state index contributed by atoms with van der Waals surface area (Å²) in [7, 11) is 0. The van der Waals surface area contributed by atoms with Crippen LogP contribution >= 0.6 is 11.8 Å². The molecule has 0 saturated heterocycles. The third kappa shape index (κ3) is 9.06. The average molecular weight is 506 g/mol. The van der Waals surface area contributed by atoms with Gasteiger partial charge in [-0.3, -0.25) is 9.59 Å². The van der Waals surface area contributed by atoms with Gasteiger partial charge < -0.3 is 20.3 Å². The molecule has 3 amide bonds. The van der Waals surface area contributed by atoms with E-state index in [9.17, 15) is 14.4 Å². The number of ether oxygens (including phenoxy) is 1. The first kappa shape index (κ1) is 29.0. The molecule has 1 aromatic rings. The van der Waals surface area contributed by atoms with Gasteiger partial charge in [-0.25, -0.2) is 4.79 Å². The summed E-state index contributed by atoms with van der Waals surface area (Å²) in [6, 6.07) is 7.89. The SMILES string of the molecule is CCCC(C)NC(=O)C(c1ccccc1)N(C(=O)C(CCSC)NC(=O)OC(C)(C)C)C1CCC1. The highest BCUT2D eigenvalue weighted by molar-refractivity contribution is 7.98. The zero-order valence-electron chi connectivity index (χ0n) is 22.1. The number of benzene rings is 1. The second-order valence-electron chi connectivity index (χ2n) is 10.3. The highest BCUT2D eigenvalue weighted by Gasteiger charge is 2.42. The lowest BCUT2D eigenvalue weighted by Gasteiger charge is -2.44.